The van der Waals surface area contributed by atoms with Gasteiger partial charge >= 0.3 is 0 Å². The first-order chi connectivity index (χ1) is 15.0. The van der Waals surface area contributed by atoms with Crippen LogP contribution in [0.4, 0.5) is 0 Å². The number of ketones is 1. The number of aliphatic hydroxyl groups excluding tert-OH is 1. The molecule has 0 aliphatic heterocycles. The third kappa shape index (κ3) is 5.36. The first kappa shape index (κ1) is 24.4. The zero-order chi connectivity index (χ0) is 21.8. The van der Waals surface area contributed by atoms with Gasteiger partial charge in [0.1, 0.15) is 0 Å². The zero-order valence-electron chi connectivity index (χ0n) is 18.7. The normalized spacial score (nSPS) is 18.0. The van der Waals surface area contributed by atoms with E-state index in [4.69, 9.17) is 0 Å². The molecule has 1 fully saturated rings. The number of hydrogen-bond donors (Lipinski definition) is 1. The van der Waals surface area contributed by atoms with Gasteiger partial charge in [0.15, 0.2) is 5.78 Å². The number of aliphatic hydroxyl groups is 1. The zero-order valence-corrected chi connectivity index (χ0v) is 21.1. The summed E-state index contributed by atoms with van der Waals surface area (Å²) >= 11 is 0. The first-order valence-electron chi connectivity index (χ1n) is 11.4. The van der Waals surface area contributed by atoms with Crippen molar-refractivity contribution in [3.05, 3.63) is 77.7 Å². The van der Waals surface area contributed by atoms with Gasteiger partial charge in [-0.3, -0.25) is 4.79 Å². The van der Waals surface area contributed by atoms with Crippen LogP contribution < -0.4 is 0 Å². The van der Waals surface area contributed by atoms with E-state index in [2.05, 4.69) is 55.2 Å². The van der Waals surface area contributed by atoms with Gasteiger partial charge < -0.3 is 10.1 Å². The maximum absolute atomic E-state index is 11.4. The Morgan fingerprint density at radius 2 is 1.84 bits per heavy atom. The fourth-order valence-electron chi connectivity index (χ4n) is 4.65. The minimum atomic E-state index is 0. The molecule has 0 spiro atoms. The fourth-order valence-corrected chi connectivity index (χ4v) is 4.65. The molecule has 2 aliphatic carbocycles. The van der Waals surface area contributed by atoms with Crippen LogP contribution in [0.1, 0.15) is 63.9 Å². The van der Waals surface area contributed by atoms with Crippen LogP contribution in [0.5, 0.6) is 0 Å². The van der Waals surface area contributed by atoms with Crippen LogP contribution in [-0.2, 0) is 24.9 Å². The molecule has 1 aromatic heterocycles. The summed E-state index contributed by atoms with van der Waals surface area (Å²) < 4.78 is 0. The quantitative estimate of drug-likeness (QED) is 0.316. The monoisotopic (exact) mass is 605 g/mol. The smallest absolute Gasteiger partial charge is 0.162 e. The van der Waals surface area contributed by atoms with Crippen molar-refractivity contribution in [1.29, 1.82) is 0 Å². The van der Waals surface area contributed by atoms with Crippen molar-refractivity contribution in [2.24, 2.45) is 5.92 Å². The molecule has 0 bridgehead atoms. The molecule has 5 rings (SSSR count). The summed E-state index contributed by atoms with van der Waals surface area (Å²) in [5.74, 6) is 1.50. The Balaban J connectivity index is 0.000000193. The van der Waals surface area contributed by atoms with Gasteiger partial charge in [0.2, 0.25) is 0 Å². The van der Waals surface area contributed by atoms with Crippen LogP contribution in [0.2, 0.25) is 0 Å². The standard InChI is InChI=1S/C18H16N.C10H14O2.Ir/c1-13(2)16-9-8-14-10-11-19-18(17(14)12-16)15-6-4-3-5-7-15;11-8-5-1-3-7-4-2-6-9(12)10(7)8;/h3-6,8-13H,1-2H3;7,11H,1-6H2;/q-1;;. The van der Waals surface area contributed by atoms with Crippen molar-refractivity contribution in [3.8, 4) is 11.3 Å². The largest absolute Gasteiger partial charge is 0.512 e. The summed E-state index contributed by atoms with van der Waals surface area (Å²) in [5, 5.41) is 12.0. The molecule has 1 unspecified atom stereocenters. The molecule has 1 atom stereocenters. The number of Topliss-reactive ketones (excluding diaryl/α,β-unsaturated/α-hetero) is 1. The van der Waals surface area contributed by atoms with Gasteiger partial charge in [0.05, 0.1) is 5.76 Å². The average Bonchev–Trinajstić information content (AvgIpc) is 2.79. The molecule has 32 heavy (non-hydrogen) atoms. The minimum absolute atomic E-state index is 0. The molecule has 4 heteroatoms. The van der Waals surface area contributed by atoms with Gasteiger partial charge in [0, 0.05) is 44.7 Å². The molecule has 1 N–H and O–H groups in total. The molecular formula is C28H30IrNO2-. The van der Waals surface area contributed by atoms with Crippen molar-refractivity contribution in [2.75, 3.05) is 0 Å². The average molecular weight is 605 g/mol. The van der Waals surface area contributed by atoms with E-state index < -0.39 is 0 Å². The second-order valence-corrected chi connectivity index (χ2v) is 8.84. The Bertz CT molecular complexity index is 1100. The van der Waals surface area contributed by atoms with Crippen molar-refractivity contribution in [2.45, 2.75) is 58.3 Å². The number of hydrogen-bond acceptors (Lipinski definition) is 3. The molecule has 169 valence electrons. The summed E-state index contributed by atoms with van der Waals surface area (Å²) in [6.07, 6.45) is 7.50. The first-order valence-corrected chi connectivity index (χ1v) is 11.4. The van der Waals surface area contributed by atoms with E-state index in [0.717, 1.165) is 48.9 Å². The van der Waals surface area contributed by atoms with E-state index in [1.165, 1.54) is 16.3 Å². The SMILES string of the molecule is CC(C)c1ccc2ccnc(-c3[c-]cccc3)c2c1.O=C1CCCC2CCCC(O)=C12.[Ir]. The van der Waals surface area contributed by atoms with Crippen LogP contribution in [-0.4, -0.2) is 15.9 Å². The molecule has 0 amide bonds. The molecule has 1 heterocycles. The summed E-state index contributed by atoms with van der Waals surface area (Å²) in [7, 11) is 0. The summed E-state index contributed by atoms with van der Waals surface area (Å²) in [6, 6.07) is 20.0. The fraction of sp³-hybridized carbons (Fsp3) is 0.357. The predicted octanol–water partition coefficient (Wildman–Crippen LogP) is 7.17. The van der Waals surface area contributed by atoms with Crippen LogP contribution in [0.15, 0.2) is 66.1 Å². The predicted molar refractivity (Wildman–Crippen MR) is 126 cm³/mol. The molecule has 0 saturated heterocycles. The van der Waals surface area contributed by atoms with Gasteiger partial charge in [-0.1, -0.05) is 32.0 Å². The Labute approximate surface area is 204 Å². The second kappa shape index (κ2) is 11.0. The number of allylic oxidation sites excluding steroid dienone is 2. The summed E-state index contributed by atoms with van der Waals surface area (Å²) in [6.45, 7) is 4.43. The van der Waals surface area contributed by atoms with Gasteiger partial charge in [-0.05, 0) is 65.6 Å². The van der Waals surface area contributed by atoms with Crippen LogP contribution >= 0.6 is 0 Å². The van der Waals surface area contributed by atoms with E-state index in [1.54, 1.807) is 0 Å². The Kier molecular flexibility index (Phi) is 8.39. The Morgan fingerprint density at radius 1 is 1.06 bits per heavy atom. The number of fused-ring (bicyclic) bond motifs is 2. The number of pyridine rings is 1. The van der Waals surface area contributed by atoms with Crippen LogP contribution in [0.3, 0.4) is 0 Å². The van der Waals surface area contributed by atoms with Gasteiger partial charge in [0.25, 0.3) is 0 Å². The van der Waals surface area contributed by atoms with E-state index in [1.807, 2.05) is 24.4 Å². The Morgan fingerprint density at radius 3 is 2.53 bits per heavy atom. The molecular weight excluding hydrogens is 575 g/mol. The molecule has 3 aromatic rings. The summed E-state index contributed by atoms with van der Waals surface area (Å²) in [5.41, 5.74) is 4.18. The van der Waals surface area contributed by atoms with E-state index in [-0.39, 0.29) is 25.9 Å². The third-order valence-electron chi connectivity index (χ3n) is 6.36. The van der Waals surface area contributed by atoms with Crippen molar-refractivity contribution in [1.82, 2.24) is 4.98 Å². The van der Waals surface area contributed by atoms with Gasteiger partial charge in [-0.2, -0.15) is 0 Å². The number of rotatable bonds is 2. The van der Waals surface area contributed by atoms with Crippen molar-refractivity contribution >= 4 is 16.6 Å². The maximum atomic E-state index is 11.4. The molecule has 1 radical (unpaired) electrons. The van der Waals surface area contributed by atoms with Gasteiger partial charge in [-0.15, -0.1) is 35.9 Å². The molecule has 3 nitrogen and oxygen atoms in total. The number of carbonyl (C=O) groups excluding carboxylic acids is 1. The second-order valence-electron chi connectivity index (χ2n) is 8.84. The molecule has 1 saturated carbocycles. The van der Waals surface area contributed by atoms with E-state index in [0.29, 0.717) is 24.0 Å². The van der Waals surface area contributed by atoms with Crippen molar-refractivity contribution in [3.63, 3.8) is 0 Å². The van der Waals surface area contributed by atoms with Gasteiger partial charge in [-0.25, -0.2) is 0 Å². The summed E-state index contributed by atoms with van der Waals surface area (Å²) in [4.78, 5) is 16.0. The van der Waals surface area contributed by atoms with Crippen LogP contribution in [0.25, 0.3) is 22.0 Å². The molecule has 2 aromatic carbocycles. The number of carbonyl (C=O) groups is 1. The topological polar surface area (TPSA) is 50.2 Å². The number of benzene rings is 2. The maximum Gasteiger partial charge on any atom is 0.162 e. The molecule has 2 aliphatic rings. The number of aromatic nitrogens is 1. The number of nitrogens with zero attached hydrogens (tertiary/aromatic N) is 1. The third-order valence-corrected chi connectivity index (χ3v) is 6.36. The van der Waals surface area contributed by atoms with Crippen molar-refractivity contribution < 1.29 is 30.0 Å². The van der Waals surface area contributed by atoms with Crippen LogP contribution in [0, 0.1) is 12.0 Å². The van der Waals surface area contributed by atoms with E-state index in [9.17, 15) is 9.90 Å². The van der Waals surface area contributed by atoms with E-state index >= 15 is 0 Å². The Hall–Kier alpha value is -2.29. The minimum Gasteiger partial charge on any atom is -0.512 e.